The van der Waals surface area contributed by atoms with E-state index in [0.29, 0.717) is 17.2 Å². The van der Waals surface area contributed by atoms with Gasteiger partial charge in [0.05, 0.1) is 5.56 Å². The van der Waals surface area contributed by atoms with Crippen molar-refractivity contribution in [3.8, 4) is 16.9 Å². The first kappa shape index (κ1) is 22.5. The van der Waals surface area contributed by atoms with E-state index in [1.807, 2.05) is 0 Å². The van der Waals surface area contributed by atoms with Crippen molar-refractivity contribution < 1.29 is 22.7 Å². The highest BCUT2D eigenvalue weighted by molar-refractivity contribution is 6.05. The zero-order chi connectivity index (χ0) is 23.4. The van der Waals surface area contributed by atoms with Crippen LogP contribution in [0.3, 0.4) is 0 Å². The van der Waals surface area contributed by atoms with E-state index in [2.05, 4.69) is 36.8 Å². The van der Waals surface area contributed by atoms with Crippen molar-refractivity contribution in [1.82, 2.24) is 15.0 Å². The largest absolute Gasteiger partial charge is 0.573 e. The van der Waals surface area contributed by atoms with E-state index in [-0.39, 0.29) is 5.75 Å². The van der Waals surface area contributed by atoms with Gasteiger partial charge in [-0.1, -0.05) is 6.92 Å². The zero-order valence-electron chi connectivity index (χ0n) is 17.8. The third-order valence-corrected chi connectivity index (χ3v) is 5.30. The molecule has 1 N–H and O–H groups in total. The Morgan fingerprint density at radius 1 is 1.15 bits per heavy atom. The Kier molecular flexibility index (Phi) is 6.43. The monoisotopic (exact) mass is 457 g/mol. The molecule has 0 bridgehead atoms. The van der Waals surface area contributed by atoms with Crippen molar-refractivity contribution in [2.45, 2.75) is 26.1 Å². The van der Waals surface area contributed by atoms with Gasteiger partial charge in [-0.25, -0.2) is 15.0 Å². The molecule has 1 amide bonds. The number of hydrogen-bond acceptors (Lipinski definition) is 6. The minimum atomic E-state index is -4.78. The first-order valence-electron chi connectivity index (χ1n) is 10.5. The number of nitrogens with one attached hydrogen (secondary N) is 1. The molecular weight excluding hydrogens is 435 g/mol. The fourth-order valence-electron chi connectivity index (χ4n) is 3.81. The van der Waals surface area contributed by atoms with Gasteiger partial charge in [-0.15, -0.1) is 13.2 Å². The molecule has 0 spiro atoms. The molecule has 1 atom stereocenters. The van der Waals surface area contributed by atoms with Gasteiger partial charge in [0.15, 0.2) is 0 Å². The number of benzene rings is 1. The number of ether oxygens (including phenoxy) is 1. The van der Waals surface area contributed by atoms with Gasteiger partial charge in [-0.2, -0.15) is 0 Å². The number of anilines is 2. The lowest BCUT2D eigenvalue weighted by Crippen LogP contribution is -2.35. The summed E-state index contributed by atoms with van der Waals surface area (Å²) in [7, 11) is 0. The van der Waals surface area contributed by atoms with Crippen LogP contribution in [-0.4, -0.2) is 40.3 Å². The summed E-state index contributed by atoms with van der Waals surface area (Å²) in [6.07, 6.45) is 3.71. The zero-order valence-corrected chi connectivity index (χ0v) is 17.8. The summed E-state index contributed by atoms with van der Waals surface area (Å²) in [6.45, 7) is 3.94. The van der Waals surface area contributed by atoms with Crippen LogP contribution in [0.1, 0.15) is 30.1 Å². The van der Waals surface area contributed by atoms with Crippen molar-refractivity contribution in [1.29, 1.82) is 0 Å². The van der Waals surface area contributed by atoms with Crippen LogP contribution in [0.2, 0.25) is 0 Å². The number of pyridine rings is 1. The number of halogens is 3. The van der Waals surface area contributed by atoms with Crippen molar-refractivity contribution in [3.05, 3.63) is 60.8 Å². The highest BCUT2D eigenvalue weighted by Crippen LogP contribution is 2.32. The fraction of sp³-hybridized carbons (Fsp3) is 0.304. The molecule has 2 aromatic heterocycles. The Morgan fingerprint density at radius 3 is 2.55 bits per heavy atom. The predicted octanol–water partition coefficient (Wildman–Crippen LogP) is 4.93. The quantitative estimate of drug-likeness (QED) is 0.586. The van der Waals surface area contributed by atoms with Crippen molar-refractivity contribution in [3.63, 3.8) is 0 Å². The standard InChI is InChI=1S/C23H22F3N5O2/c1-15-3-2-8-31(13-15)21-20(17-10-27-14-28-11-17)9-16(12-29-21)22(32)30-18-4-6-19(7-5-18)33-23(24,25)26/h4-7,9-12,14-15H,2-3,8,13H2,1H3,(H,30,32)/t15-/m1/s1. The summed E-state index contributed by atoms with van der Waals surface area (Å²) in [5.41, 5.74) is 2.11. The first-order chi connectivity index (χ1) is 15.8. The van der Waals surface area contributed by atoms with Gasteiger partial charge in [0.1, 0.15) is 17.9 Å². The number of piperidine rings is 1. The number of alkyl halides is 3. The molecule has 1 aliphatic heterocycles. The highest BCUT2D eigenvalue weighted by Gasteiger charge is 2.31. The highest BCUT2D eigenvalue weighted by atomic mass is 19.4. The van der Waals surface area contributed by atoms with E-state index in [4.69, 9.17) is 0 Å². The molecular formula is C23H22F3N5O2. The van der Waals surface area contributed by atoms with Crippen molar-refractivity contribution in [2.24, 2.45) is 5.92 Å². The Hall–Kier alpha value is -3.69. The van der Waals surface area contributed by atoms with Gasteiger partial charge in [-0.3, -0.25) is 4.79 Å². The summed E-state index contributed by atoms with van der Waals surface area (Å²) < 4.78 is 40.8. The second-order valence-electron chi connectivity index (χ2n) is 7.94. The Labute approximate surface area is 188 Å². The molecule has 0 saturated carbocycles. The second-order valence-corrected chi connectivity index (χ2v) is 7.94. The van der Waals surface area contributed by atoms with Crippen LogP contribution in [-0.2, 0) is 0 Å². The van der Waals surface area contributed by atoms with Crippen molar-refractivity contribution in [2.75, 3.05) is 23.3 Å². The number of aromatic nitrogens is 3. The number of amides is 1. The van der Waals surface area contributed by atoms with E-state index in [1.165, 1.54) is 24.7 Å². The molecule has 7 nitrogen and oxygen atoms in total. The Bertz CT molecular complexity index is 1110. The number of carbonyl (C=O) groups excluding carboxylic acids is 1. The van der Waals surface area contributed by atoms with E-state index in [1.54, 1.807) is 18.5 Å². The Morgan fingerprint density at radius 2 is 1.88 bits per heavy atom. The smallest absolute Gasteiger partial charge is 0.406 e. The lowest BCUT2D eigenvalue weighted by atomic mass is 9.99. The lowest BCUT2D eigenvalue weighted by Gasteiger charge is -2.33. The van der Waals surface area contributed by atoms with Gasteiger partial charge >= 0.3 is 6.36 Å². The predicted molar refractivity (Wildman–Crippen MR) is 117 cm³/mol. The fourth-order valence-corrected chi connectivity index (χ4v) is 3.81. The SMILES string of the molecule is C[C@@H]1CCCN(c2ncc(C(=O)Nc3ccc(OC(F)(F)F)cc3)cc2-c2cncnc2)C1. The third-order valence-electron chi connectivity index (χ3n) is 5.30. The molecule has 3 aromatic rings. The molecule has 1 aromatic carbocycles. The number of nitrogens with zero attached hydrogens (tertiary/aromatic N) is 4. The molecule has 33 heavy (non-hydrogen) atoms. The van der Waals surface area contributed by atoms with Gasteiger partial charge in [-0.05, 0) is 49.1 Å². The third kappa shape index (κ3) is 5.76. The minimum Gasteiger partial charge on any atom is -0.406 e. The van der Waals surface area contributed by atoms with Gasteiger partial charge in [0.25, 0.3) is 5.91 Å². The number of carbonyl (C=O) groups is 1. The average molecular weight is 457 g/mol. The first-order valence-corrected chi connectivity index (χ1v) is 10.5. The van der Waals surface area contributed by atoms with Crippen molar-refractivity contribution >= 4 is 17.4 Å². The molecule has 10 heteroatoms. The Balaban J connectivity index is 1.58. The second kappa shape index (κ2) is 9.43. The summed E-state index contributed by atoms with van der Waals surface area (Å²) in [6, 6.07) is 6.67. The summed E-state index contributed by atoms with van der Waals surface area (Å²) in [5, 5.41) is 2.67. The van der Waals surface area contributed by atoms with Gasteiger partial charge < -0.3 is 15.0 Å². The van der Waals surface area contributed by atoms with Gasteiger partial charge in [0.2, 0.25) is 0 Å². The lowest BCUT2D eigenvalue weighted by molar-refractivity contribution is -0.274. The van der Waals surface area contributed by atoms with Crippen LogP contribution >= 0.6 is 0 Å². The molecule has 1 saturated heterocycles. The van der Waals surface area contributed by atoms with Crippen LogP contribution in [0, 0.1) is 5.92 Å². The molecule has 0 radical (unpaired) electrons. The summed E-state index contributed by atoms with van der Waals surface area (Å²) in [4.78, 5) is 27.8. The molecule has 0 unspecified atom stereocenters. The maximum absolute atomic E-state index is 12.8. The molecule has 1 fully saturated rings. The van der Waals surface area contributed by atoms with E-state index >= 15 is 0 Å². The summed E-state index contributed by atoms with van der Waals surface area (Å²) >= 11 is 0. The molecule has 172 valence electrons. The molecule has 4 rings (SSSR count). The van der Waals surface area contributed by atoms with E-state index < -0.39 is 12.3 Å². The topological polar surface area (TPSA) is 80.2 Å². The van der Waals surface area contributed by atoms with Crippen LogP contribution in [0.4, 0.5) is 24.7 Å². The molecule has 3 heterocycles. The van der Waals surface area contributed by atoms with E-state index in [0.717, 1.165) is 55.0 Å². The molecule has 0 aliphatic carbocycles. The van der Waals surface area contributed by atoms with Crippen LogP contribution in [0.5, 0.6) is 5.75 Å². The summed E-state index contributed by atoms with van der Waals surface area (Å²) in [5.74, 6) is 0.492. The minimum absolute atomic E-state index is 0.304. The van der Waals surface area contributed by atoms with Crippen LogP contribution in [0.25, 0.3) is 11.1 Å². The maximum atomic E-state index is 12.8. The molecule has 1 aliphatic rings. The van der Waals surface area contributed by atoms with Crippen LogP contribution in [0.15, 0.2) is 55.2 Å². The average Bonchev–Trinajstić information content (AvgIpc) is 2.79. The maximum Gasteiger partial charge on any atom is 0.573 e. The van der Waals surface area contributed by atoms with E-state index in [9.17, 15) is 18.0 Å². The number of rotatable bonds is 5. The number of hydrogen-bond donors (Lipinski definition) is 1. The van der Waals surface area contributed by atoms with Gasteiger partial charge in [0, 0.05) is 48.5 Å². The normalized spacial score (nSPS) is 16.4. The van der Waals surface area contributed by atoms with Crippen LogP contribution < -0.4 is 15.0 Å².